The summed E-state index contributed by atoms with van der Waals surface area (Å²) in [6.45, 7) is 0. The molecule has 0 aliphatic heterocycles. The Kier molecular flexibility index (Phi) is 10.0. The molecule has 4 aromatic rings. The molecule has 2 N–H and O–H groups in total. The van der Waals surface area contributed by atoms with Crippen molar-refractivity contribution in [2.45, 2.75) is 0 Å². The highest BCUT2D eigenvalue weighted by molar-refractivity contribution is 6.05. The van der Waals surface area contributed by atoms with Crippen molar-refractivity contribution in [3.8, 4) is 11.5 Å². The third kappa shape index (κ3) is 8.42. The molecule has 0 saturated heterocycles. The summed E-state index contributed by atoms with van der Waals surface area (Å²) >= 11 is 0. The minimum absolute atomic E-state index is 0.0685. The average Bonchev–Trinajstić information content (AvgIpc) is 3.05. The third-order valence-corrected chi connectivity index (χ3v) is 6.03. The second-order valence-corrected chi connectivity index (χ2v) is 9.03. The summed E-state index contributed by atoms with van der Waals surface area (Å²) in [6, 6.07) is 22.9. The van der Waals surface area contributed by atoms with Crippen LogP contribution in [0, 0.1) is 20.2 Å². The molecule has 0 saturated carbocycles. The minimum Gasteiger partial charge on any atom is -0.493 e. The number of non-ortho nitro benzene ring substituents is 2. The first-order chi connectivity index (χ1) is 21.6. The van der Waals surface area contributed by atoms with Crippen LogP contribution in [0.25, 0.3) is 6.08 Å². The van der Waals surface area contributed by atoms with E-state index < -0.39 is 27.6 Å². The van der Waals surface area contributed by atoms with Gasteiger partial charge in [-0.05, 0) is 71.8 Å². The molecule has 0 fully saturated rings. The maximum absolute atomic E-state index is 13.0. The van der Waals surface area contributed by atoms with Crippen LogP contribution in [0.2, 0.25) is 0 Å². The maximum atomic E-state index is 13.0. The van der Waals surface area contributed by atoms with E-state index in [0.717, 1.165) is 0 Å². The first-order valence-corrected chi connectivity index (χ1v) is 12.9. The lowest BCUT2D eigenvalue weighted by Gasteiger charge is -2.10. The van der Waals surface area contributed by atoms with Crippen molar-refractivity contribution >= 4 is 41.4 Å². The largest absolute Gasteiger partial charge is 0.493 e. The van der Waals surface area contributed by atoms with Crippen LogP contribution < -0.4 is 20.2 Å². The van der Waals surface area contributed by atoms with Crippen molar-refractivity contribution in [1.29, 1.82) is 0 Å². The molecule has 226 valence electrons. The van der Waals surface area contributed by atoms with Crippen LogP contribution in [-0.4, -0.2) is 41.0 Å². The molecule has 45 heavy (non-hydrogen) atoms. The molecule has 0 radical (unpaired) electrons. The van der Waals surface area contributed by atoms with Gasteiger partial charge < -0.3 is 14.8 Å². The van der Waals surface area contributed by atoms with Crippen molar-refractivity contribution in [1.82, 2.24) is 10.7 Å². The summed E-state index contributed by atoms with van der Waals surface area (Å²) < 4.78 is 10.7. The van der Waals surface area contributed by atoms with E-state index in [1.165, 1.54) is 86.1 Å². The highest BCUT2D eigenvalue weighted by Gasteiger charge is 2.16. The van der Waals surface area contributed by atoms with Crippen LogP contribution in [0.3, 0.4) is 0 Å². The first kappa shape index (κ1) is 31.2. The zero-order valence-corrected chi connectivity index (χ0v) is 23.4. The molecule has 4 aromatic carbocycles. The summed E-state index contributed by atoms with van der Waals surface area (Å²) in [5.41, 5.74) is 3.06. The van der Waals surface area contributed by atoms with Gasteiger partial charge in [0.1, 0.15) is 5.70 Å². The summed E-state index contributed by atoms with van der Waals surface area (Å²) in [5.74, 6) is -1.88. The van der Waals surface area contributed by atoms with Crippen LogP contribution in [-0.2, 0) is 4.79 Å². The number of hydrogen-bond acceptors (Lipinski definition) is 10. The predicted octanol–water partition coefficient (Wildman–Crippen LogP) is 4.65. The van der Waals surface area contributed by atoms with E-state index in [1.54, 1.807) is 30.3 Å². The van der Waals surface area contributed by atoms with E-state index in [9.17, 15) is 34.6 Å². The minimum atomic E-state index is -0.783. The van der Waals surface area contributed by atoms with Gasteiger partial charge in [0.15, 0.2) is 11.5 Å². The zero-order chi connectivity index (χ0) is 32.3. The molecular weight excluding hydrogens is 586 g/mol. The Morgan fingerprint density at radius 2 is 1.36 bits per heavy atom. The molecule has 0 spiro atoms. The van der Waals surface area contributed by atoms with Crippen LogP contribution in [0.5, 0.6) is 11.5 Å². The monoisotopic (exact) mass is 609 g/mol. The number of esters is 1. The summed E-state index contributed by atoms with van der Waals surface area (Å²) in [5, 5.41) is 28.3. The highest BCUT2D eigenvalue weighted by atomic mass is 16.6. The van der Waals surface area contributed by atoms with Crippen LogP contribution >= 0.6 is 0 Å². The number of nitro groups is 2. The molecule has 0 unspecified atom stereocenters. The normalized spacial score (nSPS) is 11.0. The second kappa shape index (κ2) is 14.5. The molecule has 0 aliphatic carbocycles. The van der Waals surface area contributed by atoms with Gasteiger partial charge in [0, 0.05) is 29.8 Å². The molecule has 14 heteroatoms. The molecule has 2 amide bonds. The highest BCUT2D eigenvalue weighted by Crippen LogP contribution is 2.28. The Hall–Kier alpha value is -6.70. The third-order valence-electron chi connectivity index (χ3n) is 6.03. The van der Waals surface area contributed by atoms with Crippen LogP contribution in [0.1, 0.15) is 31.8 Å². The van der Waals surface area contributed by atoms with Crippen LogP contribution in [0.4, 0.5) is 11.4 Å². The number of nitrogens with zero attached hydrogens (tertiary/aromatic N) is 3. The molecule has 0 bridgehead atoms. The quantitative estimate of drug-likeness (QED) is 0.0608. The Morgan fingerprint density at radius 3 is 1.96 bits per heavy atom. The lowest BCUT2D eigenvalue weighted by atomic mass is 10.1. The maximum Gasteiger partial charge on any atom is 0.343 e. The van der Waals surface area contributed by atoms with E-state index in [1.807, 2.05) is 0 Å². The van der Waals surface area contributed by atoms with E-state index in [0.29, 0.717) is 16.7 Å². The molecule has 0 heterocycles. The van der Waals surface area contributed by atoms with Gasteiger partial charge in [-0.2, -0.15) is 5.10 Å². The van der Waals surface area contributed by atoms with Crippen molar-refractivity contribution in [2.24, 2.45) is 5.10 Å². The Morgan fingerprint density at radius 1 is 0.756 bits per heavy atom. The van der Waals surface area contributed by atoms with Gasteiger partial charge in [0.2, 0.25) is 0 Å². The fourth-order valence-corrected chi connectivity index (χ4v) is 3.75. The van der Waals surface area contributed by atoms with E-state index in [4.69, 9.17) is 9.47 Å². The smallest absolute Gasteiger partial charge is 0.343 e. The van der Waals surface area contributed by atoms with Gasteiger partial charge in [-0.25, -0.2) is 10.2 Å². The number of carbonyl (C=O) groups is 3. The zero-order valence-electron chi connectivity index (χ0n) is 23.4. The molecule has 0 aliphatic rings. The van der Waals surface area contributed by atoms with Crippen molar-refractivity contribution in [2.75, 3.05) is 7.11 Å². The molecular formula is C31H23N5O9. The fraction of sp³-hybridized carbons (Fsp3) is 0.0323. The summed E-state index contributed by atoms with van der Waals surface area (Å²) in [6.07, 6.45) is 2.62. The summed E-state index contributed by atoms with van der Waals surface area (Å²) in [7, 11) is 1.35. The topological polar surface area (TPSA) is 192 Å². The average molecular weight is 610 g/mol. The van der Waals surface area contributed by atoms with Crippen molar-refractivity contribution in [3.05, 3.63) is 145 Å². The van der Waals surface area contributed by atoms with E-state index in [2.05, 4.69) is 15.8 Å². The van der Waals surface area contributed by atoms with E-state index in [-0.39, 0.29) is 34.1 Å². The number of carbonyl (C=O) groups excluding carboxylic acids is 3. The van der Waals surface area contributed by atoms with Crippen molar-refractivity contribution < 1.29 is 33.7 Å². The molecule has 0 aromatic heterocycles. The standard InChI is InChI=1S/C31H23N5O9/c1-44-28-18-21(9-16-27(28)45-31(39)23-10-14-25(15-11-23)36(42)43)19-32-34-30(38)26(33-29(37)22-5-3-2-4-6-22)17-20-7-12-24(13-8-20)35(40)41/h2-19H,1H3,(H,33,37)(H,34,38). The number of methoxy groups -OCH3 is 1. The number of rotatable bonds is 11. The second-order valence-electron chi connectivity index (χ2n) is 9.03. The van der Waals surface area contributed by atoms with Gasteiger partial charge >= 0.3 is 5.97 Å². The van der Waals surface area contributed by atoms with Crippen molar-refractivity contribution in [3.63, 3.8) is 0 Å². The lowest BCUT2D eigenvalue weighted by Crippen LogP contribution is -2.32. The molecule has 14 nitrogen and oxygen atoms in total. The number of amides is 2. The van der Waals surface area contributed by atoms with Gasteiger partial charge in [-0.1, -0.05) is 18.2 Å². The molecule has 4 rings (SSSR count). The lowest BCUT2D eigenvalue weighted by molar-refractivity contribution is -0.385. The SMILES string of the molecule is COc1cc(C=NNC(=O)C(=Cc2ccc([N+](=O)[O-])cc2)NC(=O)c2ccccc2)ccc1OC(=O)c1ccc([N+](=O)[O-])cc1. The van der Waals surface area contributed by atoms with Crippen LogP contribution in [0.15, 0.2) is 108 Å². The molecule has 0 atom stereocenters. The number of nitrogens with one attached hydrogen (secondary N) is 2. The Balaban J connectivity index is 1.48. The number of hydrogen-bond donors (Lipinski definition) is 2. The van der Waals surface area contributed by atoms with E-state index >= 15 is 0 Å². The number of ether oxygens (including phenoxy) is 2. The first-order valence-electron chi connectivity index (χ1n) is 12.9. The number of nitro benzene ring substituents is 2. The Bertz CT molecular complexity index is 1800. The fourth-order valence-electron chi connectivity index (χ4n) is 3.75. The Labute approximate surface area is 254 Å². The number of benzene rings is 4. The number of hydrazone groups is 1. The van der Waals surface area contributed by atoms with Gasteiger partial charge in [0.25, 0.3) is 23.2 Å². The predicted molar refractivity (Wildman–Crippen MR) is 162 cm³/mol. The van der Waals surface area contributed by atoms with Gasteiger partial charge in [0.05, 0.1) is 28.7 Å². The van der Waals surface area contributed by atoms with Gasteiger partial charge in [-0.15, -0.1) is 0 Å². The summed E-state index contributed by atoms with van der Waals surface area (Å²) in [4.78, 5) is 59.0. The van der Waals surface area contributed by atoms with Gasteiger partial charge in [-0.3, -0.25) is 29.8 Å².